The fraction of sp³-hybridized carbons (Fsp3) is 0.217. The maximum absolute atomic E-state index is 13.6. The number of rotatable bonds is 6. The van der Waals surface area contributed by atoms with E-state index in [1.807, 2.05) is 29.0 Å². The van der Waals surface area contributed by atoms with Crippen molar-refractivity contribution >= 4 is 33.5 Å². The molecular weight excluding hydrogens is 465 g/mol. The van der Waals surface area contributed by atoms with Crippen molar-refractivity contribution in [2.75, 3.05) is 26.0 Å². The molecule has 0 bridgehead atoms. The van der Waals surface area contributed by atoms with Gasteiger partial charge in [0.2, 0.25) is 0 Å². The topological polar surface area (TPSA) is 98.5 Å². The summed E-state index contributed by atoms with van der Waals surface area (Å²) in [5.74, 6) is 0.658. The van der Waals surface area contributed by atoms with Gasteiger partial charge in [0.1, 0.15) is 35.0 Å². The van der Waals surface area contributed by atoms with Gasteiger partial charge in [-0.15, -0.1) is 0 Å². The first-order valence-corrected chi connectivity index (χ1v) is 12.2. The normalized spacial score (nSPS) is 16.2. The fourth-order valence-corrected chi connectivity index (χ4v) is 4.60. The van der Waals surface area contributed by atoms with Crippen LogP contribution in [0.2, 0.25) is 5.02 Å². The average Bonchev–Trinajstić information content (AvgIpc) is 3.05. The van der Waals surface area contributed by atoms with Crippen LogP contribution in [0.15, 0.2) is 66.3 Å². The van der Waals surface area contributed by atoms with Gasteiger partial charge in [0, 0.05) is 48.7 Å². The molecule has 0 saturated heterocycles. The number of nitrogens with zero attached hydrogens (tertiary/aromatic N) is 2. The largest absolute Gasteiger partial charge is 0.490 e. The van der Waals surface area contributed by atoms with Crippen LogP contribution in [0.25, 0.3) is 16.6 Å². The molecule has 0 radical (unpaired) electrons. The Bertz CT molecular complexity index is 1270. The van der Waals surface area contributed by atoms with E-state index >= 15 is 0 Å². The molecule has 2 aromatic carbocycles. The van der Waals surface area contributed by atoms with Gasteiger partial charge in [0.15, 0.2) is 0 Å². The summed E-state index contributed by atoms with van der Waals surface area (Å²) in [6.07, 6.45) is 6.54. The number of benzene rings is 2. The van der Waals surface area contributed by atoms with Crippen LogP contribution in [-0.2, 0) is 17.5 Å². The monoisotopic (exact) mass is 489 g/mol. The lowest BCUT2D eigenvalue weighted by atomic mass is 10.1. The summed E-state index contributed by atoms with van der Waals surface area (Å²) < 4.78 is 35.5. The summed E-state index contributed by atoms with van der Waals surface area (Å²) in [4.78, 5) is 2.17. The molecule has 2 heterocycles. The zero-order valence-electron chi connectivity index (χ0n) is 18.1. The molecule has 10 heteroatoms. The zero-order valence-corrected chi connectivity index (χ0v) is 19.6. The highest BCUT2D eigenvalue weighted by atomic mass is 35.5. The van der Waals surface area contributed by atoms with Crippen LogP contribution in [0.4, 0.5) is 4.39 Å². The van der Waals surface area contributed by atoms with Crippen molar-refractivity contribution in [1.29, 1.82) is 0 Å². The van der Waals surface area contributed by atoms with Crippen molar-refractivity contribution in [2.45, 2.75) is 6.54 Å². The average molecular weight is 490 g/mol. The van der Waals surface area contributed by atoms with E-state index in [-0.39, 0.29) is 11.6 Å². The Balaban J connectivity index is 1.62. The summed E-state index contributed by atoms with van der Waals surface area (Å²) in [5, 5.41) is 1.32. The Morgan fingerprint density at radius 1 is 1.33 bits per heavy atom. The van der Waals surface area contributed by atoms with Gasteiger partial charge in [0.05, 0.1) is 10.5 Å². The van der Waals surface area contributed by atoms with Crippen molar-refractivity contribution in [1.82, 2.24) is 14.2 Å². The molecule has 1 aliphatic rings. The number of halogens is 2. The Morgan fingerprint density at radius 3 is 2.91 bits per heavy atom. The van der Waals surface area contributed by atoms with Crippen LogP contribution in [0.1, 0.15) is 5.56 Å². The number of nitrogens with two attached hydrogens (primary N) is 2. The number of fused-ring (bicyclic) bond motifs is 2. The maximum atomic E-state index is 13.6. The first kappa shape index (κ1) is 23.2. The highest BCUT2D eigenvalue weighted by Crippen LogP contribution is 2.35. The van der Waals surface area contributed by atoms with Gasteiger partial charge in [-0.3, -0.25) is 9.62 Å². The van der Waals surface area contributed by atoms with E-state index in [2.05, 4.69) is 9.62 Å². The summed E-state index contributed by atoms with van der Waals surface area (Å²) in [5.41, 5.74) is 15.1. The van der Waals surface area contributed by atoms with Crippen LogP contribution in [0, 0.1) is 5.82 Å². The standard InChI is InChI=1S/C23H25ClFN5O2S/c1-33(31)28-22(27)8-15(12-26)13-29-6-7-32-23-17(14-29)10-19(11-20(23)24)30-5-4-16-9-18(25)2-3-21(16)30/h2-5,8-12,28H,6-7,13-14,26-27H2,1H3/b15-12+,22-8+. The molecule has 1 unspecified atom stereocenters. The highest BCUT2D eigenvalue weighted by molar-refractivity contribution is 7.82. The Labute approximate surface area is 199 Å². The minimum absolute atomic E-state index is 0.275. The van der Waals surface area contributed by atoms with Crippen LogP contribution >= 0.6 is 11.6 Å². The Morgan fingerprint density at radius 2 is 2.15 bits per heavy atom. The lowest BCUT2D eigenvalue weighted by Gasteiger charge is -2.20. The van der Waals surface area contributed by atoms with Gasteiger partial charge >= 0.3 is 0 Å². The molecule has 0 fully saturated rings. The van der Waals surface area contributed by atoms with Crippen molar-refractivity contribution < 1.29 is 13.3 Å². The molecule has 33 heavy (non-hydrogen) atoms. The molecule has 3 aromatic rings. The third-order valence-electron chi connectivity index (χ3n) is 5.31. The molecular formula is C23H25ClFN5O2S. The Hall–Kier alpha value is -3.01. The smallest absolute Gasteiger partial charge is 0.142 e. The second kappa shape index (κ2) is 9.86. The zero-order chi connectivity index (χ0) is 23.5. The van der Waals surface area contributed by atoms with Gasteiger partial charge in [-0.1, -0.05) is 11.6 Å². The van der Waals surface area contributed by atoms with Crippen molar-refractivity contribution in [3.8, 4) is 11.4 Å². The van der Waals surface area contributed by atoms with Gasteiger partial charge in [-0.2, -0.15) is 0 Å². The van der Waals surface area contributed by atoms with E-state index in [0.29, 0.717) is 37.0 Å². The summed E-state index contributed by atoms with van der Waals surface area (Å²) in [7, 11) is -1.27. The maximum Gasteiger partial charge on any atom is 0.142 e. The Kier molecular flexibility index (Phi) is 6.92. The number of nitrogens with one attached hydrogen (secondary N) is 1. The minimum atomic E-state index is -1.27. The second-order valence-electron chi connectivity index (χ2n) is 7.76. The van der Waals surface area contributed by atoms with E-state index in [4.69, 9.17) is 27.8 Å². The van der Waals surface area contributed by atoms with Gasteiger partial charge < -0.3 is 20.8 Å². The third kappa shape index (κ3) is 5.32. The van der Waals surface area contributed by atoms with Crippen LogP contribution in [0.5, 0.6) is 5.75 Å². The van der Waals surface area contributed by atoms with E-state index in [1.165, 1.54) is 24.6 Å². The first-order valence-electron chi connectivity index (χ1n) is 10.3. The molecule has 1 aliphatic heterocycles. The van der Waals surface area contributed by atoms with Crippen LogP contribution < -0.4 is 20.9 Å². The molecule has 0 saturated carbocycles. The van der Waals surface area contributed by atoms with E-state index in [1.54, 1.807) is 12.1 Å². The number of hydrogen-bond acceptors (Lipinski definition) is 5. The summed E-state index contributed by atoms with van der Waals surface area (Å²) in [6, 6.07) is 10.4. The molecule has 1 aromatic heterocycles. The second-order valence-corrected chi connectivity index (χ2v) is 9.28. The number of ether oxygens (including phenoxy) is 1. The lowest BCUT2D eigenvalue weighted by molar-refractivity contribution is 0.240. The fourth-order valence-electron chi connectivity index (χ4n) is 3.92. The molecule has 0 spiro atoms. The van der Waals surface area contributed by atoms with Gasteiger partial charge in [-0.25, -0.2) is 8.60 Å². The number of hydrogen-bond donors (Lipinski definition) is 3. The van der Waals surface area contributed by atoms with Crippen LogP contribution in [0.3, 0.4) is 0 Å². The molecule has 0 amide bonds. The summed E-state index contributed by atoms with van der Waals surface area (Å²) >= 11 is 6.60. The first-order chi connectivity index (χ1) is 15.8. The molecule has 174 valence electrons. The highest BCUT2D eigenvalue weighted by Gasteiger charge is 2.20. The minimum Gasteiger partial charge on any atom is -0.490 e. The van der Waals surface area contributed by atoms with E-state index < -0.39 is 11.0 Å². The lowest BCUT2D eigenvalue weighted by Crippen LogP contribution is -2.29. The summed E-state index contributed by atoms with van der Waals surface area (Å²) in [6.45, 7) is 2.22. The van der Waals surface area contributed by atoms with Gasteiger partial charge in [0.25, 0.3) is 0 Å². The van der Waals surface area contributed by atoms with Crippen LogP contribution in [-0.4, -0.2) is 39.6 Å². The van der Waals surface area contributed by atoms with E-state index in [9.17, 15) is 8.60 Å². The third-order valence-corrected chi connectivity index (χ3v) is 6.11. The predicted octanol–water partition coefficient (Wildman–Crippen LogP) is 3.14. The van der Waals surface area contributed by atoms with E-state index in [0.717, 1.165) is 27.7 Å². The number of aromatic nitrogens is 1. The molecule has 1 atom stereocenters. The van der Waals surface area contributed by atoms with Crippen molar-refractivity contribution in [3.63, 3.8) is 0 Å². The van der Waals surface area contributed by atoms with Crippen molar-refractivity contribution in [2.24, 2.45) is 11.5 Å². The molecule has 5 N–H and O–H groups in total. The molecule has 0 aliphatic carbocycles. The SMILES string of the molecule is CS(=O)N/C(N)=C/C(=C\N)CN1CCOc2c(Cl)cc(-n3ccc4cc(F)ccc43)cc2C1. The van der Waals surface area contributed by atoms with Gasteiger partial charge in [-0.05, 0) is 54.2 Å². The predicted molar refractivity (Wildman–Crippen MR) is 131 cm³/mol. The molecule has 7 nitrogen and oxygen atoms in total. The van der Waals surface area contributed by atoms with Crippen molar-refractivity contribution in [3.05, 3.63) is 82.7 Å². The quantitative estimate of drug-likeness (QED) is 0.462. The molecule has 4 rings (SSSR count).